The predicted molar refractivity (Wildman–Crippen MR) is 97.2 cm³/mol. The van der Waals surface area contributed by atoms with Gasteiger partial charge in [0.15, 0.2) is 6.04 Å². The first-order valence-electron chi connectivity index (χ1n) is 9.40. The molecule has 0 aromatic rings. The van der Waals surface area contributed by atoms with Crippen LogP contribution < -0.4 is 0 Å². The number of amides is 1. The van der Waals surface area contributed by atoms with E-state index in [9.17, 15) is 9.59 Å². The predicted octanol–water partition coefficient (Wildman–Crippen LogP) is 4.31. The minimum Gasteiger partial charge on any atom is -0.458 e. The molecule has 1 fully saturated rings. The molecular weight excluding hydrogens is 318 g/mol. The lowest BCUT2D eigenvalue weighted by molar-refractivity contribution is -0.166. The fourth-order valence-electron chi connectivity index (χ4n) is 3.56. The van der Waals surface area contributed by atoms with Crippen LogP contribution >= 0.6 is 0 Å². The van der Waals surface area contributed by atoms with Crippen LogP contribution in [0.1, 0.15) is 67.2 Å². The Kier molecular flexibility index (Phi) is 5.85. The summed E-state index contributed by atoms with van der Waals surface area (Å²) in [7, 11) is 0. The molecule has 142 valence electrons. The summed E-state index contributed by atoms with van der Waals surface area (Å²) in [5.41, 5.74) is -1.02. The van der Waals surface area contributed by atoms with Crippen LogP contribution in [0.4, 0.5) is 4.79 Å². The molecule has 5 nitrogen and oxygen atoms in total. The Morgan fingerprint density at radius 3 is 2.32 bits per heavy atom. The summed E-state index contributed by atoms with van der Waals surface area (Å²) in [5, 5.41) is 0. The van der Waals surface area contributed by atoms with E-state index in [-0.39, 0.29) is 5.97 Å². The van der Waals surface area contributed by atoms with E-state index in [0.717, 1.165) is 25.7 Å². The zero-order valence-corrected chi connectivity index (χ0v) is 16.5. The van der Waals surface area contributed by atoms with E-state index in [1.54, 1.807) is 6.08 Å². The second kappa shape index (κ2) is 7.38. The number of hydrogen-bond donors (Lipinski definition) is 0. The summed E-state index contributed by atoms with van der Waals surface area (Å²) in [6, 6.07) is -0.686. The van der Waals surface area contributed by atoms with E-state index >= 15 is 0 Å². The molecule has 1 aliphatic carbocycles. The van der Waals surface area contributed by atoms with E-state index in [1.807, 2.05) is 33.8 Å². The van der Waals surface area contributed by atoms with Crippen LogP contribution in [0.25, 0.3) is 0 Å². The van der Waals surface area contributed by atoms with E-state index in [2.05, 4.69) is 13.8 Å². The number of ether oxygens (including phenoxy) is 2. The van der Waals surface area contributed by atoms with Crippen LogP contribution in [0.5, 0.6) is 0 Å². The van der Waals surface area contributed by atoms with Gasteiger partial charge in [-0.15, -0.1) is 0 Å². The fourth-order valence-corrected chi connectivity index (χ4v) is 3.56. The molecule has 1 unspecified atom stereocenters. The third-order valence-corrected chi connectivity index (χ3v) is 5.20. The van der Waals surface area contributed by atoms with Crippen molar-refractivity contribution in [3.05, 3.63) is 12.2 Å². The molecule has 25 heavy (non-hydrogen) atoms. The lowest BCUT2D eigenvalue weighted by Crippen LogP contribution is -2.47. The summed E-state index contributed by atoms with van der Waals surface area (Å²) >= 11 is 0. The number of nitrogens with zero attached hydrogens (tertiary/aromatic N) is 1. The van der Waals surface area contributed by atoms with Gasteiger partial charge in [0.1, 0.15) is 11.2 Å². The Bertz CT molecular complexity index is 524. The Hall–Kier alpha value is -1.52. The van der Waals surface area contributed by atoms with Crippen LogP contribution in [-0.2, 0) is 14.3 Å². The summed E-state index contributed by atoms with van der Waals surface area (Å²) in [5.74, 6) is 1.02. The monoisotopic (exact) mass is 351 g/mol. The van der Waals surface area contributed by atoms with Gasteiger partial charge in [-0.2, -0.15) is 0 Å². The maximum atomic E-state index is 12.7. The molecule has 0 saturated heterocycles. The molecule has 1 amide bonds. The van der Waals surface area contributed by atoms with Gasteiger partial charge >= 0.3 is 12.1 Å². The van der Waals surface area contributed by atoms with Crippen molar-refractivity contribution in [1.29, 1.82) is 0 Å². The molecule has 1 saturated carbocycles. The van der Waals surface area contributed by atoms with Crippen LogP contribution in [0.15, 0.2) is 12.2 Å². The van der Waals surface area contributed by atoms with Gasteiger partial charge < -0.3 is 9.47 Å². The quantitative estimate of drug-likeness (QED) is 0.561. The third-order valence-electron chi connectivity index (χ3n) is 5.20. The first-order chi connectivity index (χ1) is 11.5. The third kappa shape index (κ3) is 5.23. The highest BCUT2D eigenvalue weighted by Crippen LogP contribution is 2.38. The van der Waals surface area contributed by atoms with Gasteiger partial charge in [0, 0.05) is 6.54 Å². The van der Waals surface area contributed by atoms with Gasteiger partial charge in [-0.3, -0.25) is 4.90 Å². The minimum atomic E-state index is -0.686. The van der Waals surface area contributed by atoms with Crippen LogP contribution in [-0.4, -0.2) is 40.8 Å². The van der Waals surface area contributed by atoms with Gasteiger partial charge in [-0.25, -0.2) is 9.59 Å². The molecule has 0 aromatic heterocycles. The van der Waals surface area contributed by atoms with E-state index in [1.165, 1.54) is 4.90 Å². The first kappa shape index (κ1) is 19.8. The molecule has 0 aromatic carbocycles. The first-order valence-corrected chi connectivity index (χ1v) is 9.40. The molecular formula is C20H33NO4. The number of esters is 1. The van der Waals surface area contributed by atoms with E-state index in [4.69, 9.17) is 9.47 Å². The molecule has 0 bridgehead atoms. The molecule has 5 heteroatoms. The Labute approximate surface area is 151 Å². The molecule has 1 heterocycles. The molecule has 0 spiro atoms. The molecule has 2 rings (SSSR count). The second-order valence-electron chi connectivity index (χ2n) is 8.96. The van der Waals surface area contributed by atoms with Gasteiger partial charge in [-0.1, -0.05) is 26.0 Å². The van der Waals surface area contributed by atoms with Crippen molar-refractivity contribution in [2.45, 2.75) is 84.5 Å². The SMILES string of the molecule is CC(C)C1CCC(C)(OC(=O)C2C=CCN2C(=O)OC(C)(C)C)CC1. The molecule has 1 aliphatic heterocycles. The lowest BCUT2D eigenvalue weighted by Gasteiger charge is -2.39. The highest BCUT2D eigenvalue weighted by atomic mass is 16.6. The summed E-state index contributed by atoms with van der Waals surface area (Å²) in [6.45, 7) is 12.3. The van der Waals surface area contributed by atoms with Gasteiger partial charge in [0.25, 0.3) is 0 Å². The van der Waals surface area contributed by atoms with Crippen LogP contribution in [0, 0.1) is 11.8 Å². The largest absolute Gasteiger partial charge is 0.458 e. The van der Waals surface area contributed by atoms with Crippen molar-refractivity contribution in [2.24, 2.45) is 11.8 Å². The highest BCUT2D eigenvalue weighted by molar-refractivity contribution is 5.84. The van der Waals surface area contributed by atoms with Crippen molar-refractivity contribution < 1.29 is 19.1 Å². The number of carbonyl (C=O) groups is 2. The van der Waals surface area contributed by atoms with Crippen molar-refractivity contribution in [3.8, 4) is 0 Å². The number of rotatable bonds is 3. The maximum absolute atomic E-state index is 12.7. The average molecular weight is 351 g/mol. The second-order valence-corrected chi connectivity index (χ2v) is 8.96. The van der Waals surface area contributed by atoms with Crippen molar-refractivity contribution in [2.75, 3.05) is 6.54 Å². The summed E-state index contributed by atoms with van der Waals surface area (Å²) in [6.07, 6.45) is 6.99. The molecule has 0 N–H and O–H groups in total. The van der Waals surface area contributed by atoms with E-state index < -0.39 is 23.3 Å². The standard InChI is InChI=1S/C20H33NO4/c1-14(2)15-9-11-20(6,12-10-15)24-17(22)16-8-7-13-21(16)18(23)25-19(3,4)5/h7-8,14-16H,9-13H2,1-6H3. The molecule has 0 radical (unpaired) electrons. The summed E-state index contributed by atoms with van der Waals surface area (Å²) < 4.78 is 11.3. The van der Waals surface area contributed by atoms with Crippen LogP contribution in [0.2, 0.25) is 0 Å². The number of carbonyl (C=O) groups excluding carboxylic acids is 2. The zero-order valence-electron chi connectivity index (χ0n) is 16.5. The van der Waals surface area contributed by atoms with Gasteiger partial charge in [0.2, 0.25) is 0 Å². The zero-order chi connectivity index (χ0) is 18.8. The van der Waals surface area contributed by atoms with Gasteiger partial charge in [0.05, 0.1) is 0 Å². The summed E-state index contributed by atoms with van der Waals surface area (Å²) in [4.78, 5) is 26.4. The topological polar surface area (TPSA) is 55.8 Å². The Balaban J connectivity index is 1.95. The minimum absolute atomic E-state index is 0.356. The van der Waals surface area contributed by atoms with Crippen molar-refractivity contribution >= 4 is 12.1 Å². The number of hydrogen-bond acceptors (Lipinski definition) is 4. The molecule has 2 aliphatic rings. The maximum Gasteiger partial charge on any atom is 0.411 e. The van der Waals surface area contributed by atoms with Crippen LogP contribution in [0.3, 0.4) is 0 Å². The van der Waals surface area contributed by atoms with Crippen molar-refractivity contribution in [1.82, 2.24) is 4.90 Å². The van der Waals surface area contributed by atoms with Gasteiger partial charge in [-0.05, 0) is 65.2 Å². The smallest absolute Gasteiger partial charge is 0.411 e. The average Bonchev–Trinajstić information content (AvgIpc) is 2.95. The Morgan fingerprint density at radius 2 is 1.80 bits per heavy atom. The lowest BCUT2D eigenvalue weighted by atomic mass is 9.75. The fraction of sp³-hybridized carbons (Fsp3) is 0.800. The Morgan fingerprint density at radius 1 is 1.20 bits per heavy atom. The normalized spacial score (nSPS) is 29.8. The van der Waals surface area contributed by atoms with Crippen molar-refractivity contribution in [3.63, 3.8) is 0 Å². The molecule has 1 atom stereocenters. The van der Waals surface area contributed by atoms with E-state index in [0.29, 0.717) is 18.4 Å². The highest BCUT2D eigenvalue weighted by Gasteiger charge is 2.40.